The van der Waals surface area contributed by atoms with Crippen molar-refractivity contribution in [1.29, 1.82) is 0 Å². The molecule has 0 aliphatic heterocycles. The molecule has 0 aliphatic carbocycles. The van der Waals surface area contributed by atoms with E-state index in [1.54, 1.807) is 0 Å². The number of benzene rings is 1. The quantitative estimate of drug-likeness (QED) is 0.524. The third-order valence-electron chi connectivity index (χ3n) is 3.86. The number of hydrogen-bond donors (Lipinski definition) is 2. The number of guanidine groups is 1. The van der Waals surface area contributed by atoms with E-state index in [0.29, 0.717) is 19.0 Å². The van der Waals surface area contributed by atoms with Gasteiger partial charge < -0.3 is 10.6 Å². The van der Waals surface area contributed by atoms with Gasteiger partial charge in [0.2, 0.25) is 0 Å². The second-order valence-electron chi connectivity index (χ2n) is 5.72. The molecule has 0 aromatic heterocycles. The van der Waals surface area contributed by atoms with E-state index >= 15 is 0 Å². The average molecular weight is 358 g/mol. The fourth-order valence-corrected chi connectivity index (χ4v) is 2.38. The summed E-state index contributed by atoms with van der Waals surface area (Å²) >= 11 is 0. The maximum absolute atomic E-state index is 12.3. The molecule has 25 heavy (non-hydrogen) atoms. The summed E-state index contributed by atoms with van der Waals surface area (Å²) in [5.41, 5.74) is 2.28. The Morgan fingerprint density at radius 1 is 1.04 bits per heavy atom. The molecule has 1 aromatic carbocycles. The van der Waals surface area contributed by atoms with E-state index in [0.717, 1.165) is 25.2 Å². The predicted molar refractivity (Wildman–Crippen MR) is 96.6 cm³/mol. The van der Waals surface area contributed by atoms with E-state index in [-0.39, 0.29) is 6.54 Å². The molecule has 0 amide bonds. The highest BCUT2D eigenvalue weighted by Gasteiger charge is 2.26. The SMILES string of the molecule is CCNC(=NCc1ccccc1CN(CC)CC)NCCC(F)(F)F. The Hall–Kier alpha value is -1.76. The van der Waals surface area contributed by atoms with Gasteiger partial charge >= 0.3 is 6.18 Å². The van der Waals surface area contributed by atoms with Crippen LogP contribution in [0.1, 0.15) is 38.3 Å². The van der Waals surface area contributed by atoms with Crippen LogP contribution in [-0.2, 0) is 13.1 Å². The molecule has 2 N–H and O–H groups in total. The number of halogens is 3. The van der Waals surface area contributed by atoms with E-state index < -0.39 is 12.6 Å². The van der Waals surface area contributed by atoms with Crippen molar-refractivity contribution >= 4 is 5.96 Å². The molecule has 0 fully saturated rings. The Bertz CT molecular complexity index is 525. The van der Waals surface area contributed by atoms with Crippen molar-refractivity contribution in [3.05, 3.63) is 35.4 Å². The van der Waals surface area contributed by atoms with Crippen molar-refractivity contribution in [2.45, 2.75) is 46.5 Å². The van der Waals surface area contributed by atoms with Crippen LogP contribution in [0.3, 0.4) is 0 Å². The summed E-state index contributed by atoms with van der Waals surface area (Å²) in [5.74, 6) is 0.407. The van der Waals surface area contributed by atoms with Crippen molar-refractivity contribution in [3.8, 4) is 0 Å². The molecule has 7 heteroatoms. The van der Waals surface area contributed by atoms with Crippen molar-refractivity contribution < 1.29 is 13.2 Å². The van der Waals surface area contributed by atoms with Crippen LogP contribution in [0.5, 0.6) is 0 Å². The molecule has 0 spiro atoms. The lowest BCUT2D eigenvalue weighted by Crippen LogP contribution is -2.38. The minimum atomic E-state index is -4.17. The lowest BCUT2D eigenvalue weighted by Gasteiger charge is -2.20. The third kappa shape index (κ3) is 8.77. The molecule has 0 saturated carbocycles. The Kier molecular flexibility index (Phi) is 9.34. The number of hydrogen-bond acceptors (Lipinski definition) is 2. The second-order valence-corrected chi connectivity index (χ2v) is 5.72. The summed E-state index contributed by atoms with van der Waals surface area (Å²) in [4.78, 5) is 6.75. The zero-order valence-corrected chi connectivity index (χ0v) is 15.3. The molecule has 0 saturated heterocycles. The minimum absolute atomic E-state index is 0.184. The summed E-state index contributed by atoms with van der Waals surface area (Å²) in [6.45, 7) is 9.75. The Balaban J connectivity index is 2.75. The molecule has 0 heterocycles. The molecule has 0 aliphatic rings. The van der Waals surface area contributed by atoms with E-state index in [1.807, 2.05) is 25.1 Å². The molecule has 4 nitrogen and oxygen atoms in total. The van der Waals surface area contributed by atoms with Crippen LogP contribution in [0.2, 0.25) is 0 Å². The van der Waals surface area contributed by atoms with Gasteiger partial charge in [-0.2, -0.15) is 13.2 Å². The van der Waals surface area contributed by atoms with Gasteiger partial charge in [-0.3, -0.25) is 4.90 Å². The molecule has 0 radical (unpaired) electrons. The maximum Gasteiger partial charge on any atom is 0.390 e. The van der Waals surface area contributed by atoms with Gasteiger partial charge in [-0.05, 0) is 31.1 Å². The van der Waals surface area contributed by atoms with Gasteiger partial charge in [0, 0.05) is 19.6 Å². The standard InChI is InChI=1S/C18H29F3N4/c1-4-22-17(23-12-11-18(19,20)21)24-13-15-9-7-8-10-16(15)14-25(5-2)6-3/h7-10H,4-6,11-14H2,1-3H3,(H2,22,23,24). The van der Waals surface area contributed by atoms with Gasteiger partial charge in [0.15, 0.2) is 5.96 Å². The number of aliphatic imine (C=N–C) groups is 1. The van der Waals surface area contributed by atoms with Crippen LogP contribution in [-0.4, -0.2) is 43.2 Å². The van der Waals surface area contributed by atoms with E-state index in [1.165, 1.54) is 5.56 Å². The molecule has 142 valence electrons. The molecular formula is C18H29F3N4. The molecule has 0 bridgehead atoms. The normalized spacial score (nSPS) is 12.5. The van der Waals surface area contributed by atoms with Gasteiger partial charge in [0.25, 0.3) is 0 Å². The summed E-state index contributed by atoms with van der Waals surface area (Å²) < 4.78 is 36.8. The maximum atomic E-state index is 12.3. The van der Waals surface area contributed by atoms with E-state index in [4.69, 9.17) is 0 Å². The lowest BCUT2D eigenvalue weighted by atomic mass is 10.1. The summed E-state index contributed by atoms with van der Waals surface area (Å²) in [6.07, 6.45) is -5.04. The second kappa shape index (κ2) is 11.0. The monoisotopic (exact) mass is 358 g/mol. The number of rotatable bonds is 9. The molecule has 1 aromatic rings. The molecule has 1 rings (SSSR count). The highest BCUT2D eigenvalue weighted by atomic mass is 19.4. The molecular weight excluding hydrogens is 329 g/mol. The highest BCUT2D eigenvalue weighted by molar-refractivity contribution is 5.79. The largest absolute Gasteiger partial charge is 0.390 e. The van der Waals surface area contributed by atoms with Crippen LogP contribution in [0, 0.1) is 0 Å². The predicted octanol–water partition coefficient (Wildman–Crippen LogP) is 3.54. The van der Waals surface area contributed by atoms with Gasteiger partial charge in [-0.15, -0.1) is 0 Å². The average Bonchev–Trinajstić information content (AvgIpc) is 2.57. The topological polar surface area (TPSA) is 39.7 Å². The molecule has 0 atom stereocenters. The number of nitrogens with one attached hydrogen (secondary N) is 2. The van der Waals surface area contributed by atoms with Crippen molar-refractivity contribution in [2.24, 2.45) is 4.99 Å². The summed E-state index contributed by atoms with van der Waals surface area (Å²) in [5, 5.41) is 5.72. The van der Waals surface area contributed by atoms with Crippen LogP contribution >= 0.6 is 0 Å². The van der Waals surface area contributed by atoms with Crippen molar-refractivity contribution in [1.82, 2.24) is 15.5 Å². The number of nitrogens with zero attached hydrogens (tertiary/aromatic N) is 2. The van der Waals surface area contributed by atoms with Crippen molar-refractivity contribution in [2.75, 3.05) is 26.2 Å². The first-order valence-electron chi connectivity index (χ1n) is 8.77. The van der Waals surface area contributed by atoms with Gasteiger partial charge in [0.05, 0.1) is 13.0 Å². The highest BCUT2D eigenvalue weighted by Crippen LogP contribution is 2.18. The van der Waals surface area contributed by atoms with Crippen LogP contribution < -0.4 is 10.6 Å². The third-order valence-corrected chi connectivity index (χ3v) is 3.86. The smallest absolute Gasteiger partial charge is 0.357 e. The fraction of sp³-hybridized carbons (Fsp3) is 0.611. The lowest BCUT2D eigenvalue weighted by molar-refractivity contribution is -0.132. The van der Waals surface area contributed by atoms with Gasteiger partial charge in [0.1, 0.15) is 0 Å². The van der Waals surface area contributed by atoms with Crippen molar-refractivity contribution in [3.63, 3.8) is 0 Å². The fourth-order valence-electron chi connectivity index (χ4n) is 2.38. The van der Waals surface area contributed by atoms with Crippen LogP contribution in [0.4, 0.5) is 13.2 Å². The Morgan fingerprint density at radius 3 is 2.24 bits per heavy atom. The van der Waals surface area contributed by atoms with Gasteiger partial charge in [-0.25, -0.2) is 4.99 Å². The zero-order chi connectivity index (χ0) is 18.7. The van der Waals surface area contributed by atoms with E-state index in [9.17, 15) is 13.2 Å². The summed E-state index contributed by atoms with van der Waals surface area (Å²) in [7, 11) is 0. The first kappa shape index (κ1) is 21.3. The van der Waals surface area contributed by atoms with E-state index in [2.05, 4.69) is 40.4 Å². The van der Waals surface area contributed by atoms with Crippen LogP contribution in [0.15, 0.2) is 29.3 Å². The Labute approximate surface area is 148 Å². The first-order chi connectivity index (χ1) is 11.9. The zero-order valence-electron chi connectivity index (χ0n) is 15.3. The summed E-state index contributed by atoms with van der Waals surface area (Å²) in [6, 6.07) is 8.05. The number of alkyl halides is 3. The van der Waals surface area contributed by atoms with Crippen LogP contribution in [0.25, 0.3) is 0 Å². The molecule has 0 unspecified atom stereocenters. The van der Waals surface area contributed by atoms with Gasteiger partial charge in [-0.1, -0.05) is 38.1 Å². The minimum Gasteiger partial charge on any atom is -0.357 e. The Morgan fingerprint density at radius 2 is 1.68 bits per heavy atom. The first-order valence-corrected chi connectivity index (χ1v) is 8.77.